The van der Waals surface area contributed by atoms with Crippen molar-refractivity contribution in [3.8, 4) is 6.07 Å². The van der Waals surface area contributed by atoms with Crippen LogP contribution in [0.1, 0.15) is 25.3 Å². The predicted molar refractivity (Wildman–Crippen MR) is 63.6 cm³/mol. The maximum atomic E-state index is 10.6. The molecule has 0 saturated heterocycles. The Balaban J connectivity index is 2.21. The van der Waals surface area contributed by atoms with Gasteiger partial charge in [-0.15, -0.1) is 0 Å². The molecule has 1 aromatic carbocycles. The highest BCUT2D eigenvalue weighted by Gasteiger charge is 2.28. The second-order valence-corrected chi connectivity index (χ2v) is 4.37. The van der Waals surface area contributed by atoms with Crippen LogP contribution in [0.2, 0.25) is 0 Å². The third kappa shape index (κ3) is 2.53. The van der Waals surface area contributed by atoms with Gasteiger partial charge in [0.15, 0.2) is 0 Å². The summed E-state index contributed by atoms with van der Waals surface area (Å²) in [4.78, 5) is 10.1. The van der Waals surface area contributed by atoms with Crippen LogP contribution in [0.4, 0.5) is 11.4 Å². The number of nitro groups is 1. The molecule has 1 N–H and O–H groups in total. The van der Waals surface area contributed by atoms with Crippen molar-refractivity contribution in [1.29, 1.82) is 5.26 Å². The number of benzene rings is 1. The second kappa shape index (κ2) is 4.42. The van der Waals surface area contributed by atoms with Crippen molar-refractivity contribution in [2.45, 2.75) is 25.8 Å². The van der Waals surface area contributed by atoms with Crippen LogP contribution in [0, 0.1) is 27.4 Å². The lowest BCUT2D eigenvalue weighted by Gasteiger charge is -2.15. The van der Waals surface area contributed by atoms with Crippen molar-refractivity contribution in [3.63, 3.8) is 0 Å². The van der Waals surface area contributed by atoms with Crippen molar-refractivity contribution in [2.75, 3.05) is 5.32 Å². The van der Waals surface area contributed by atoms with Crippen LogP contribution in [0.5, 0.6) is 0 Å². The molecule has 88 valence electrons. The van der Waals surface area contributed by atoms with Crippen molar-refractivity contribution < 1.29 is 4.92 Å². The van der Waals surface area contributed by atoms with Crippen molar-refractivity contribution >= 4 is 11.4 Å². The zero-order valence-electron chi connectivity index (χ0n) is 9.51. The first-order chi connectivity index (χ1) is 8.11. The van der Waals surface area contributed by atoms with E-state index >= 15 is 0 Å². The number of anilines is 1. The third-order valence-electron chi connectivity index (χ3n) is 3.05. The standard InChI is InChI=1S/C12H13N3O2/c1-8(9-2-3-9)14-12-5-4-11(15(16)17)6-10(12)7-13/h4-6,8-9,14H,2-3H2,1H3. The topological polar surface area (TPSA) is 79.0 Å². The molecule has 0 aliphatic heterocycles. The van der Waals surface area contributed by atoms with Crippen molar-refractivity contribution in [2.24, 2.45) is 5.92 Å². The summed E-state index contributed by atoms with van der Waals surface area (Å²) < 4.78 is 0. The van der Waals surface area contributed by atoms with Gasteiger partial charge in [0.05, 0.1) is 16.2 Å². The summed E-state index contributed by atoms with van der Waals surface area (Å²) in [7, 11) is 0. The Morgan fingerprint density at radius 1 is 1.59 bits per heavy atom. The number of nitrogens with one attached hydrogen (secondary N) is 1. The average Bonchev–Trinajstić information content (AvgIpc) is 3.13. The molecule has 0 radical (unpaired) electrons. The molecule has 5 nitrogen and oxygen atoms in total. The molecule has 5 heteroatoms. The lowest BCUT2D eigenvalue weighted by Crippen LogP contribution is -2.17. The summed E-state index contributed by atoms with van der Waals surface area (Å²) in [6.07, 6.45) is 2.42. The van der Waals surface area contributed by atoms with Gasteiger partial charge in [0, 0.05) is 18.2 Å². The largest absolute Gasteiger partial charge is 0.381 e. The molecular formula is C12H13N3O2. The minimum Gasteiger partial charge on any atom is -0.381 e. The van der Waals surface area contributed by atoms with E-state index in [1.165, 1.54) is 25.0 Å². The fourth-order valence-electron chi connectivity index (χ4n) is 1.82. The molecule has 2 rings (SSSR count). The molecule has 0 aromatic heterocycles. The van der Waals surface area contributed by atoms with E-state index in [1.54, 1.807) is 6.07 Å². The van der Waals surface area contributed by atoms with E-state index in [4.69, 9.17) is 5.26 Å². The van der Waals surface area contributed by atoms with Gasteiger partial charge in [-0.2, -0.15) is 5.26 Å². The molecule has 1 saturated carbocycles. The molecule has 1 fully saturated rings. The van der Waals surface area contributed by atoms with Crippen molar-refractivity contribution in [3.05, 3.63) is 33.9 Å². The van der Waals surface area contributed by atoms with Crippen LogP contribution in [-0.2, 0) is 0 Å². The monoisotopic (exact) mass is 231 g/mol. The summed E-state index contributed by atoms with van der Waals surface area (Å²) in [6.45, 7) is 2.07. The maximum Gasteiger partial charge on any atom is 0.270 e. The van der Waals surface area contributed by atoms with E-state index in [-0.39, 0.29) is 5.69 Å². The van der Waals surface area contributed by atoms with E-state index in [1.807, 2.05) is 6.07 Å². The zero-order valence-corrected chi connectivity index (χ0v) is 9.51. The number of nitro benzene ring substituents is 1. The summed E-state index contributed by atoms with van der Waals surface area (Å²) >= 11 is 0. The van der Waals surface area contributed by atoms with E-state index in [0.717, 1.165) is 0 Å². The number of rotatable bonds is 4. The number of non-ortho nitro benzene ring substituents is 1. The number of nitriles is 1. The molecular weight excluding hydrogens is 218 g/mol. The van der Waals surface area contributed by atoms with Crippen LogP contribution in [0.15, 0.2) is 18.2 Å². The summed E-state index contributed by atoms with van der Waals surface area (Å²) in [5.74, 6) is 0.664. The van der Waals surface area contributed by atoms with Crippen LogP contribution < -0.4 is 5.32 Å². The second-order valence-electron chi connectivity index (χ2n) is 4.37. The molecule has 1 atom stereocenters. The summed E-state index contributed by atoms with van der Waals surface area (Å²) in [6, 6.07) is 6.63. The molecule has 17 heavy (non-hydrogen) atoms. The van der Waals surface area contributed by atoms with Gasteiger partial charge in [-0.3, -0.25) is 10.1 Å². The fraction of sp³-hybridized carbons (Fsp3) is 0.417. The first-order valence-electron chi connectivity index (χ1n) is 5.57. The van der Waals surface area contributed by atoms with E-state index in [2.05, 4.69) is 12.2 Å². The highest BCUT2D eigenvalue weighted by atomic mass is 16.6. The predicted octanol–water partition coefficient (Wildman–Crippen LogP) is 2.68. The Kier molecular flexibility index (Phi) is 2.96. The molecule has 1 aliphatic carbocycles. The molecule has 1 aliphatic rings. The van der Waals surface area contributed by atoms with Gasteiger partial charge in [0.2, 0.25) is 0 Å². The van der Waals surface area contributed by atoms with Crippen LogP contribution in [-0.4, -0.2) is 11.0 Å². The lowest BCUT2D eigenvalue weighted by atomic mass is 10.1. The first kappa shape index (κ1) is 11.4. The number of hydrogen-bond donors (Lipinski definition) is 1. The van der Waals surface area contributed by atoms with Crippen molar-refractivity contribution in [1.82, 2.24) is 0 Å². The number of nitrogens with zero attached hydrogens (tertiary/aromatic N) is 2. The SMILES string of the molecule is CC(Nc1ccc([N+](=O)[O-])cc1C#N)C1CC1. The minimum absolute atomic E-state index is 0.0498. The van der Waals surface area contributed by atoms with E-state index in [9.17, 15) is 10.1 Å². The van der Waals surface area contributed by atoms with Gasteiger partial charge in [-0.1, -0.05) is 0 Å². The average molecular weight is 231 g/mol. The summed E-state index contributed by atoms with van der Waals surface area (Å²) in [5, 5.41) is 22.8. The van der Waals surface area contributed by atoms with Gasteiger partial charge >= 0.3 is 0 Å². The number of hydrogen-bond acceptors (Lipinski definition) is 4. The Morgan fingerprint density at radius 2 is 2.29 bits per heavy atom. The van der Waals surface area contributed by atoms with Crippen LogP contribution in [0.25, 0.3) is 0 Å². The highest BCUT2D eigenvalue weighted by molar-refractivity contribution is 5.61. The Hall–Kier alpha value is -2.09. The Bertz CT molecular complexity index is 489. The quantitative estimate of drug-likeness (QED) is 0.638. The van der Waals surface area contributed by atoms with Gasteiger partial charge in [-0.05, 0) is 31.7 Å². The molecule has 0 heterocycles. The molecule has 1 aromatic rings. The molecule has 0 amide bonds. The van der Waals surface area contributed by atoms with Crippen LogP contribution in [0.3, 0.4) is 0 Å². The molecule has 0 spiro atoms. The fourth-order valence-corrected chi connectivity index (χ4v) is 1.82. The molecule has 0 bridgehead atoms. The van der Waals surface area contributed by atoms with Gasteiger partial charge < -0.3 is 5.32 Å². The molecule has 1 unspecified atom stereocenters. The first-order valence-corrected chi connectivity index (χ1v) is 5.57. The zero-order chi connectivity index (χ0) is 12.4. The Morgan fingerprint density at radius 3 is 2.82 bits per heavy atom. The minimum atomic E-state index is -0.491. The van der Waals surface area contributed by atoms with Gasteiger partial charge in [0.1, 0.15) is 6.07 Å². The van der Waals surface area contributed by atoms with Gasteiger partial charge in [0.25, 0.3) is 5.69 Å². The normalized spacial score (nSPS) is 16.0. The third-order valence-corrected chi connectivity index (χ3v) is 3.05. The van der Waals surface area contributed by atoms with Gasteiger partial charge in [-0.25, -0.2) is 0 Å². The Labute approximate surface area is 99.2 Å². The van der Waals surface area contributed by atoms with E-state index < -0.39 is 4.92 Å². The highest BCUT2D eigenvalue weighted by Crippen LogP contribution is 2.34. The lowest BCUT2D eigenvalue weighted by molar-refractivity contribution is -0.384. The van der Waals surface area contributed by atoms with Crippen LogP contribution >= 0.6 is 0 Å². The summed E-state index contributed by atoms with van der Waals surface area (Å²) in [5.41, 5.74) is 0.954. The smallest absolute Gasteiger partial charge is 0.270 e. The maximum absolute atomic E-state index is 10.6. The van der Waals surface area contributed by atoms with E-state index in [0.29, 0.717) is 23.2 Å².